The first-order valence-electron chi connectivity index (χ1n) is 10.2. The zero-order valence-electron chi connectivity index (χ0n) is 17.1. The molecule has 162 valence electrons. The molecular formula is C23H23F3N4O. The van der Waals surface area contributed by atoms with Crippen LogP contribution >= 0.6 is 0 Å². The van der Waals surface area contributed by atoms with Crippen LogP contribution in [0.1, 0.15) is 46.3 Å². The van der Waals surface area contributed by atoms with Crippen LogP contribution < -0.4 is 10.6 Å². The summed E-state index contributed by atoms with van der Waals surface area (Å²) >= 11 is 0. The maximum Gasteiger partial charge on any atom is 0.416 e. The summed E-state index contributed by atoms with van der Waals surface area (Å²) in [7, 11) is 0. The number of benzene rings is 2. The molecule has 1 aliphatic rings. The highest BCUT2D eigenvalue weighted by atomic mass is 19.4. The minimum absolute atomic E-state index is 0.127. The summed E-state index contributed by atoms with van der Waals surface area (Å²) in [5, 5.41) is 4.11. The van der Waals surface area contributed by atoms with E-state index in [1.54, 1.807) is 12.1 Å². The first kappa shape index (κ1) is 21.0. The molecule has 0 radical (unpaired) electrons. The Bertz CT molecular complexity index is 1110. The molecule has 0 spiro atoms. The Morgan fingerprint density at radius 3 is 2.45 bits per heavy atom. The number of carbonyl (C=O) groups is 1. The van der Waals surface area contributed by atoms with E-state index in [1.165, 1.54) is 42.6 Å². The number of nitrogen functional groups attached to an aromatic ring is 1. The summed E-state index contributed by atoms with van der Waals surface area (Å²) in [6.45, 7) is 3.28. The molecule has 8 heteroatoms. The number of piperidine rings is 1. The number of aryl methyl sites for hydroxylation is 1. The van der Waals surface area contributed by atoms with Crippen molar-refractivity contribution in [1.82, 2.24) is 9.78 Å². The van der Waals surface area contributed by atoms with Crippen molar-refractivity contribution in [2.24, 2.45) is 0 Å². The molecule has 3 aromatic rings. The molecule has 5 nitrogen and oxygen atoms in total. The molecule has 2 N–H and O–H groups in total. The van der Waals surface area contributed by atoms with Gasteiger partial charge < -0.3 is 10.6 Å². The van der Waals surface area contributed by atoms with E-state index in [4.69, 9.17) is 5.73 Å². The Kier molecular flexibility index (Phi) is 5.47. The number of alkyl halides is 3. The normalized spacial score (nSPS) is 14.6. The number of rotatable bonds is 4. The van der Waals surface area contributed by atoms with Gasteiger partial charge in [0.25, 0.3) is 0 Å². The van der Waals surface area contributed by atoms with Crippen molar-refractivity contribution < 1.29 is 18.0 Å². The van der Waals surface area contributed by atoms with Crippen LogP contribution in [0.2, 0.25) is 0 Å². The standard InChI is InChI=1S/C23H23F3N4O/c1-15-5-6-18(12-20(15)23(24,25)26)30-14-16(13-28-30)22(31)19-11-17(7-8-21(19)27)29-9-3-2-4-10-29/h5-8,11-14H,2-4,9-10,27H2,1H3. The minimum atomic E-state index is -4.46. The van der Waals surface area contributed by atoms with Gasteiger partial charge in [-0.3, -0.25) is 4.79 Å². The molecule has 0 unspecified atom stereocenters. The molecule has 1 saturated heterocycles. The molecular weight excluding hydrogens is 405 g/mol. The van der Waals surface area contributed by atoms with Gasteiger partial charge in [-0.15, -0.1) is 0 Å². The molecule has 4 rings (SSSR count). The van der Waals surface area contributed by atoms with E-state index in [-0.39, 0.29) is 22.6 Å². The van der Waals surface area contributed by atoms with Gasteiger partial charge in [0, 0.05) is 36.2 Å². The van der Waals surface area contributed by atoms with E-state index < -0.39 is 11.7 Å². The van der Waals surface area contributed by atoms with E-state index in [0.29, 0.717) is 11.3 Å². The zero-order chi connectivity index (χ0) is 22.2. The van der Waals surface area contributed by atoms with E-state index in [1.807, 2.05) is 6.07 Å². The van der Waals surface area contributed by atoms with Crippen LogP contribution in [0.4, 0.5) is 24.5 Å². The highest BCUT2D eigenvalue weighted by Crippen LogP contribution is 2.33. The van der Waals surface area contributed by atoms with Gasteiger partial charge in [0.05, 0.1) is 23.0 Å². The Balaban J connectivity index is 1.63. The summed E-state index contributed by atoms with van der Waals surface area (Å²) in [4.78, 5) is 15.3. The van der Waals surface area contributed by atoms with E-state index in [9.17, 15) is 18.0 Å². The number of halogens is 3. The molecule has 1 aliphatic heterocycles. The number of nitrogens with zero attached hydrogens (tertiary/aromatic N) is 3. The third-order valence-electron chi connectivity index (χ3n) is 5.64. The van der Waals surface area contributed by atoms with Gasteiger partial charge in [-0.05, 0) is 62.1 Å². The summed E-state index contributed by atoms with van der Waals surface area (Å²) in [5.41, 5.74) is 7.62. The first-order chi connectivity index (χ1) is 14.7. The lowest BCUT2D eigenvalue weighted by Gasteiger charge is -2.29. The number of hydrogen-bond donors (Lipinski definition) is 1. The predicted molar refractivity (Wildman–Crippen MR) is 114 cm³/mol. The molecule has 2 heterocycles. The van der Waals surface area contributed by atoms with Crippen molar-refractivity contribution in [2.45, 2.75) is 32.4 Å². The molecule has 2 aromatic carbocycles. The van der Waals surface area contributed by atoms with Crippen LogP contribution in [-0.4, -0.2) is 28.7 Å². The smallest absolute Gasteiger partial charge is 0.398 e. The van der Waals surface area contributed by atoms with Crippen LogP contribution in [0.25, 0.3) is 5.69 Å². The van der Waals surface area contributed by atoms with Crippen molar-refractivity contribution in [3.8, 4) is 5.69 Å². The monoisotopic (exact) mass is 428 g/mol. The van der Waals surface area contributed by atoms with Crippen LogP contribution in [0, 0.1) is 6.92 Å². The second kappa shape index (κ2) is 8.09. The van der Waals surface area contributed by atoms with E-state index in [2.05, 4.69) is 10.00 Å². The Labute approximate surface area is 178 Å². The van der Waals surface area contributed by atoms with Crippen LogP contribution in [0.5, 0.6) is 0 Å². The van der Waals surface area contributed by atoms with Gasteiger partial charge in [-0.25, -0.2) is 4.68 Å². The number of carbonyl (C=O) groups excluding carboxylic acids is 1. The second-order valence-corrected chi connectivity index (χ2v) is 7.82. The second-order valence-electron chi connectivity index (χ2n) is 7.82. The quantitative estimate of drug-likeness (QED) is 0.469. The van der Waals surface area contributed by atoms with E-state index in [0.717, 1.165) is 37.7 Å². The van der Waals surface area contributed by atoms with Crippen molar-refractivity contribution >= 4 is 17.2 Å². The van der Waals surface area contributed by atoms with E-state index >= 15 is 0 Å². The average Bonchev–Trinajstić information content (AvgIpc) is 3.24. The van der Waals surface area contributed by atoms with Crippen molar-refractivity contribution in [3.05, 3.63) is 71.0 Å². The molecule has 31 heavy (non-hydrogen) atoms. The lowest BCUT2D eigenvalue weighted by molar-refractivity contribution is -0.138. The van der Waals surface area contributed by atoms with Crippen LogP contribution in [0.15, 0.2) is 48.8 Å². The molecule has 0 saturated carbocycles. The SMILES string of the molecule is Cc1ccc(-n2cc(C(=O)c3cc(N4CCCCC4)ccc3N)cn2)cc1C(F)(F)F. The third kappa shape index (κ3) is 4.28. The Morgan fingerprint density at radius 1 is 1.03 bits per heavy atom. The predicted octanol–water partition coefficient (Wildman–Crippen LogP) is 5.00. The Morgan fingerprint density at radius 2 is 1.74 bits per heavy atom. The van der Waals surface area contributed by atoms with Gasteiger partial charge in [0.2, 0.25) is 0 Å². The fourth-order valence-electron chi connectivity index (χ4n) is 3.88. The van der Waals surface area contributed by atoms with Crippen molar-refractivity contribution in [3.63, 3.8) is 0 Å². The fourth-order valence-corrected chi connectivity index (χ4v) is 3.88. The number of nitrogens with two attached hydrogens (primary N) is 1. The molecule has 0 amide bonds. The average molecular weight is 428 g/mol. The summed E-state index contributed by atoms with van der Waals surface area (Å²) in [5.74, 6) is -0.314. The number of hydrogen-bond acceptors (Lipinski definition) is 4. The van der Waals surface area contributed by atoms with Gasteiger partial charge in [-0.2, -0.15) is 18.3 Å². The summed E-state index contributed by atoms with van der Waals surface area (Å²) in [6, 6.07) is 9.37. The van der Waals surface area contributed by atoms with Crippen molar-refractivity contribution in [1.29, 1.82) is 0 Å². The first-order valence-corrected chi connectivity index (χ1v) is 10.2. The third-order valence-corrected chi connectivity index (χ3v) is 5.64. The highest BCUT2D eigenvalue weighted by Gasteiger charge is 2.32. The lowest BCUT2D eigenvalue weighted by atomic mass is 10.0. The molecule has 1 fully saturated rings. The van der Waals surface area contributed by atoms with Gasteiger partial charge >= 0.3 is 6.18 Å². The lowest BCUT2D eigenvalue weighted by Crippen LogP contribution is -2.29. The number of anilines is 2. The maximum atomic E-state index is 13.2. The Hall–Kier alpha value is -3.29. The fraction of sp³-hybridized carbons (Fsp3) is 0.304. The van der Waals surface area contributed by atoms with Gasteiger partial charge in [0.15, 0.2) is 5.78 Å². The summed E-state index contributed by atoms with van der Waals surface area (Å²) in [6.07, 6.45) is 1.73. The van der Waals surface area contributed by atoms with Crippen LogP contribution in [0.3, 0.4) is 0 Å². The molecule has 0 atom stereocenters. The zero-order valence-corrected chi connectivity index (χ0v) is 17.1. The maximum absolute atomic E-state index is 13.2. The van der Waals surface area contributed by atoms with Gasteiger partial charge in [-0.1, -0.05) is 6.07 Å². The van der Waals surface area contributed by atoms with Crippen molar-refractivity contribution in [2.75, 3.05) is 23.7 Å². The minimum Gasteiger partial charge on any atom is -0.398 e. The topological polar surface area (TPSA) is 64.2 Å². The summed E-state index contributed by atoms with van der Waals surface area (Å²) < 4.78 is 41.0. The molecule has 0 bridgehead atoms. The molecule has 0 aliphatic carbocycles. The number of aromatic nitrogens is 2. The largest absolute Gasteiger partial charge is 0.416 e. The highest BCUT2D eigenvalue weighted by molar-refractivity contribution is 6.12. The van der Waals surface area contributed by atoms with Gasteiger partial charge in [0.1, 0.15) is 0 Å². The number of ketones is 1. The van der Waals surface area contributed by atoms with Crippen LogP contribution in [-0.2, 0) is 6.18 Å². The molecule has 1 aromatic heterocycles.